The minimum Gasteiger partial charge on any atom is -0.312 e. The standard InChI is InChI=1S/C12H21NS2/c1-5-10(3)15-8-11(13-4)12-9(2)6-7-14-12/h6-7,10-11,13H,5,8H2,1-4H3. The first-order chi connectivity index (χ1) is 7.19. The number of thiophene rings is 1. The van der Waals surface area contributed by atoms with Crippen LogP contribution in [0.2, 0.25) is 0 Å². The fourth-order valence-electron chi connectivity index (χ4n) is 1.41. The van der Waals surface area contributed by atoms with Crippen molar-refractivity contribution in [3.05, 3.63) is 21.9 Å². The smallest absolute Gasteiger partial charge is 0.0506 e. The lowest BCUT2D eigenvalue weighted by molar-refractivity contribution is 0.668. The molecule has 1 aromatic heterocycles. The van der Waals surface area contributed by atoms with Crippen LogP contribution in [0.1, 0.15) is 36.8 Å². The van der Waals surface area contributed by atoms with Crippen molar-refractivity contribution in [2.75, 3.05) is 12.8 Å². The van der Waals surface area contributed by atoms with Crippen molar-refractivity contribution in [1.29, 1.82) is 0 Å². The molecular weight excluding hydrogens is 222 g/mol. The van der Waals surface area contributed by atoms with Crippen LogP contribution in [0.4, 0.5) is 0 Å². The molecule has 1 heterocycles. The Morgan fingerprint density at radius 3 is 2.73 bits per heavy atom. The van der Waals surface area contributed by atoms with Gasteiger partial charge in [0.1, 0.15) is 0 Å². The van der Waals surface area contributed by atoms with Crippen LogP contribution in [-0.2, 0) is 0 Å². The van der Waals surface area contributed by atoms with Crippen molar-refractivity contribution in [3.8, 4) is 0 Å². The first-order valence-electron chi connectivity index (χ1n) is 5.51. The van der Waals surface area contributed by atoms with Gasteiger partial charge in [0, 0.05) is 15.9 Å². The fraction of sp³-hybridized carbons (Fsp3) is 0.667. The summed E-state index contributed by atoms with van der Waals surface area (Å²) in [4.78, 5) is 1.49. The lowest BCUT2D eigenvalue weighted by atomic mass is 10.2. The molecule has 15 heavy (non-hydrogen) atoms. The lowest BCUT2D eigenvalue weighted by Gasteiger charge is -2.17. The van der Waals surface area contributed by atoms with E-state index in [2.05, 4.69) is 56.3 Å². The summed E-state index contributed by atoms with van der Waals surface area (Å²) in [6.45, 7) is 6.76. The molecule has 0 aromatic carbocycles. The quantitative estimate of drug-likeness (QED) is 0.814. The van der Waals surface area contributed by atoms with Gasteiger partial charge in [-0.05, 0) is 37.4 Å². The molecule has 2 atom stereocenters. The maximum Gasteiger partial charge on any atom is 0.0506 e. The molecule has 1 rings (SSSR count). The van der Waals surface area contributed by atoms with Gasteiger partial charge in [-0.3, -0.25) is 0 Å². The largest absolute Gasteiger partial charge is 0.312 e. The van der Waals surface area contributed by atoms with Gasteiger partial charge in [-0.2, -0.15) is 11.8 Å². The van der Waals surface area contributed by atoms with Gasteiger partial charge in [-0.1, -0.05) is 13.8 Å². The molecule has 0 radical (unpaired) electrons. The van der Waals surface area contributed by atoms with Crippen LogP contribution < -0.4 is 5.32 Å². The number of hydrogen-bond donors (Lipinski definition) is 1. The zero-order valence-electron chi connectivity index (χ0n) is 10.0. The van der Waals surface area contributed by atoms with Crippen LogP contribution in [-0.4, -0.2) is 18.1 Å². The SMILES string of the molecule is CCC(C)SCC(NC)c1sccc1C. The third-order valence-corrected chi connectivity index (χ3v) is 5.25. The summed E-state index contributed by atoms with van der Waals surface area (Å²) < 4.78 is 0. The number of thioether (sulfide) groups is 1. The molecule has 0 aliphatic heterocycles. The van der Waals surface area contributed by atoms with Crippen LogP contribution in [0, 0.1) is 6.92 Å². The lowest BCUT2D eigenvalue weighted by Crippen LogP contribution is -2.19. The van der Waals surface area contributed by atoms with E-state index in [1.165, 1.54) is 22.6 Å². The van der Waals surface area contributed by atoms with E-state index in [1.54, 1.807) is 0 Å². The summed E-state index contributed by atoms with van der Waals surface area (Å²) in [5, 5.41) is 6.36. The first kappa shape index (κ1) is 13.1. The Balaban J connectivity index is 2.53. The van der Waals surface area contributed by atoms with Crippen LogP contribution in [0.3, 0.4) is 0 Å². The van der Waals surface area contributed by atoms with Gasteiger partial charge in [0.25, 0.3) is 0 Å². The zero-order chi connectivity index (χ0) is 11.3. The van der Waals surface area contributed by atoms with Crippen molar-refractivity contribution in [3.63, 3.8) is 0 Å². The van der Waals surface area contributed by atoms with Gasteiger partial charge in [-0.15, -0.1) is 11.3 Å². The van der Waals surface area contributed by atoms with Crippen LogP contribution in [0.25, 0.3) is 0 Å². The van der Waals surface area contributed by atoms with Crippen molar-refractivity contribution in [1.82, 2.24) is 5.32 Å². The molecule has 2 unspecified atom stereocenters. The minimum absolute atomic E-state index is 0.518. The molecule has 1 aromatic rings. The number of nitrogens with one attached hydrogen (secondary N) is 1. The molecule has 0 saturated heterocycles. The minimum atomic E-state index is 0.518. The number of aryl methyl sites for hydroxylation is 1. The van der Waals surface area contributed by atoms with E-state index in [4.69, 9.17) is 0 Å². The number of hydrogen-bond acceptors (Lipinski definition) is 3. The molecule has 0 aliphatic carbocycles. The Labute approximate surface area is 102 Å². The van der Waals surface area contributed by atoms with Gasteiger partial charge in [-0.25, -0.2) is 0 Å². The van der Waals surface area contributed by atoms with E-state index in [1.807, 2.05) is 11.3 Å². The van der Waals surface area contributed by atoms with E-state index in [0.29, 0.717) is 6.04 Å². The first-order valence-corrected chi connectivity index (χ1v) is 7.44. The third-order valence-electron chi connectivity index (χ3n) is 2.69. The fourth-order valence-corrected chi connectivity index (χ4v) is 3.64. The van der Waals surface area contributed by atoms with Crippen molar-refractivity contribution >= 4 is 23.1 Å². The highest BCUT2D eigenvalue weighted by atomic mass is 32.2. The molecule has 0 spiro atoms. The molecule has 0 fully saturated rings. The molecule has 0 bridgehead atoms. The van der Waals surface area contributed by atoms with Gasteiger partial charge < -0.3 is 5.32 Å². The van der Waals surface area contributed by atoms with Crippen LogP contribution in [0.5, 0.6) is 0 Å². The summed E-state index contributed by atoms with van der Waals surface area (Å²) in [6, 6.07) is 2.72. The Hall–Kier alpha value is 0.0100. The molecule has 1 N–H and O–H groups in total. The molecule has 1 nitrogen and oxygen atoms in total. The Morgan fingerprint density at radius 1 is 1.53 bits per heavy atom. The van der Waals surface area contributed by atoms with E-state index in [9.17, 15) is 0 Å². The Morgan fingerprint density at radius 2 is 2.27 bits per heavy atom. The Bertz CT molecular complexity index is 283. The van der Waals surface area contributed by atoms with Crippen molar-refractivity contribution < 1.29 is 0 Å². The average molecular weight is 243 g/mol. The van der Waals surface area contributed by atoms with Gasteiger partial charge in [0.2, 0.25) is 0 Å². The monoisotopic (exact) mass is 243 g/mol. The number of rotatable bonds is 6. The molecule has 0 aliphatic rings. The second-order valence-electron chi connectivity index (χ2n) is 3.86. The molecule has 3 heteroatoms. The van der Waals surface area contributed by atoms with Crippen molar-refractivity contribution in [2.45, 2.75) is 38.5 Å². The van der Waals surface area contributed by atoms with E-state index < -0.39 is 0 Å². The van der Waals surface area contributed by atoms with Crippen LogP contribution in [0.15, 0.2) is 11.4 Å². The molecule has 0 saturated carbocycles. The molecular formula is C12H21NS2. The van der Waals surface area contributed by atoms with E-state index in [-0.39, 0.29) is 0 Å². The average Bonchev–Trinajstić information content (AvgIpc) is 2.65. The maximum atomic E-state index is 3.41. The van der Waals surface area contributed by atoms with Gasteiger partial charge in [0.05, 0.1) is 6.04 Å². The summed E-state index contributed by atoms with van der Waals surface area (Å²) in [6.07, 6.45) is 1.25. The van der Waals surface area contributed by atoms with Crippen LogP contribution >= 0.6 is 23.1 Å². The highest BCUT2D eigenvalue weighted by Gasteiger charge is 2.14. The zero-order valence-corrected chi connectivity index (χ0v) is 11.7. The summed E-state index contributed by atoms with van der Waals surface area (Å²) in [5.74, 6) is 1.17. The summed E-state index contributed by atoms with van der Waals surface area (Å²) >= 11 is 3.93. The van der Waals surface area contributed by atoms with Crippen molar-refractivity contribution in [2.24, 2.45) is 0 Å². The predicted octanol–water partition coefficient (Wildman–Crippen LogP) is 3.85. The third kappa shape index (κ3) is 3.82. The molecule has 86 valence electrons. The maximum absolute atomic E-state index is 3.41. The topological polar surface area (TPSA) is 12.0 Å². The second-order valence-corrected chi connectivity index (χ2v) is 6.28. The normalized spacial score (nSPS) is 15.2. The van der Waals surface area contributed by atoms with E-state index in [0.717, 1.165) is 5.25 Å². The van der Waals surface area contributed by atoms with Gasteiger partial charge in [0.15, 0.2) is 0 Å². The second kappa shape index (κ2) is 6.56. The van der Waals surface area contributed by atoms with Gasteiger partial charge >= 0.3 is 0 Å². The molecule has 0 amide bonds. The van der Waals surface area contributed by atoms with E-state index >= 15 is 0 Å². The highest BCUT2D eigenvalue weighted by molar-refractivity contribution is 7.99. The predicted molar refractivity (Wildman–Crippen MR) is 73.1 cm³/mol. The highest BCUT2D eigenvalue weighted by Crippen LogP contribution is 2.28. The Kier molecular flexibility index (Phi) is 5.72. The summed E-state index contributed by atoms with van der Waals surface area (Å²) in [5.41, 5.74) is 1.42. The summed E-state index contributed by atoms with van der Waals surface area (Å²) in [7, 11) is 2.06.